The van der Waals surface area contributed by atoms with Gasteiger partial charge in [-0.1, -0.05) is 110 Å². The summed E-state index contributed by atoms with van der Waals surface area (Å²) in [5.74, 6) is 0. The first kappa shape index (κ1) is 22.0. The first-order valence-electron chi connectivity index (χ1n) is 10.2. The third-order valence-electron chi connectivity index (χ3n) is 4.61. The quantitative estimate of drug-likeness (QED) is 0.246. The summed E-state index contributed by atoms with van der Waals surface area (Å²) in [5.41, 5.74) is 0. The maximum atomic E-state index is 3.90. The summed E-state index contributed by atoms with van der Waals surface area (Å²) < 4.78 is 0. The topological polar surface area (TPSA) is 3.24 Å². The van der Waals surface area contributed by atoms with E-state index in [-0.39, 0.29) is 0 Å². The second-order valence-corrected chi connectivity index (χ2v) is 7.31. The minimum Gasteiger partial charge on any atom is -0.309 e. The Labute approximate surface area is 142 Å². The van der Waals surface area contributed by atoms with Crippen LogP contribution in [-0.2, 0) is 0 Å². The van der Waals surface area contributed by atoms with E-state index >= 15 is 0 Å². The van der Waals surface area contributed by atoms with Gasteiger partial charge in [-0.25, -0.2) is 0 Å². The summed E-state index contributed by atoms with van der Waals surface area (Å²) >= 11 is 0. The van der Waals surface area contributed by atoms with Crippen molar-refractivity contribution in [2.75, 3.05) is 20.6 Å². The fourth-order valence-corrected chi connectivity index (χ4v) is 3.08. The highest BCUT2D eigenvalue weighted by Crippen LogP contribution is 2.13. The molecule has 0 unspecified atom stereocenters. The smallest absolute Gasteiger partial charge is 0.00248 e. The van der Waals surface area contributed by atoms with Crippen LogP contribution in [0.25, 0.3) is 0 Å². The van der Waals surface area contributed by atoms with Crippen LogP contribution in [0, 0.1) is 6.92 Å². The highest BCUT2D eigenvalue weighted by molar-refractivity contribution is 4.51. The molecule has 1 nitrogen and oxygen atoms in total. The SMILES string of the molecule is [CH2]CCCCCCCCCCCCCCCCCCN(C)C. The predicted octanol–water partition coefficient (Wildman–Crippen LogP) is 7.01. The van der Waals surface area contributed by atoms with Crippen molar-refractivity contribution < 1.29 is 0 Å². The molecule has 0 atom stereocenters. The minimum atomic E-state index is 1.12. The van der Waals surface area contributed by atoms with Crippen molar-refractivity contribution in [1.29, 1.82) is 0 Å². The third kappa shape index (κ3) is 20.0. The second kappa shape index (κ2) is 19.0. The van der Waals surface area contributed by atoms with Crippen molar-refractivity contribution in [2.24, 2.45) is 0 Å². The number of rotatable bonds is 18. The summed E-state index contributed by atoms with van der Waals surface area (Å²) in [6, 6.07) is 0. The molecule has 0 N–H and O–H groups in total. The zero-order valence-electron chi connectivity index (χ0n) is 15.9. The average molecular weight is 311 g/mol. The van der Waals surface area contributed by atoms with E-state index in [2.05, 4.69) is 25.9 Å². The van der Waals surface area contributed by atoms with Crippen LogP contribution in [0.1, 0.15) is 109 Å². The maximum Gasteiger partial charge on any atom is -0.00248 e. The molecule has 1 radical (unpaired) electrons. The minimum absolute atomic E-state index is 1.12. The zero-order chi connectivity index (χ0) is 16.3. The van der Waals surface area contributed by atoms with E-state index in [0.717, 1.165) is 6.42 Å². The van der Waals surface area contributed by atoms with Gasteiger partial charge in [-0.05, 0) is 27.1 Å². The molecular weight excluding hydrogens is 266 g/mol. The van der Waals surface area contributed by atoms with Crippen LogP contribution < -0.4 is 0 Å². The second-order valence-electron chi connectivity index (χ2n) is 7.31. The van der Waals surface area contributed by atoms with Crippen LogP contribution in [0.3, 0.4) is 0 Å². The lowest BCUT2D eigenvalue weighted by Crippen LogP contribution is -2.12. The summed E-state index contributed by atoms with van der Waals surface area (Å²) in [6.07, 6.45) is 24.2. The van der Waals surface area contributed by atoms with E-state index in [9.17, 15) is 0 Å². The van der Waals surface area contributed by atoms with Crippen molar-refractivity contribution in [3.8, 4) is 0 Å². The molecule has 0 aliphatic heterocycles. The lowest BCUT2D eigenvalue weighted by atomic mass is 10.0. The molecule has 0 aromatic carbocycles. The Kier molecular flexibility index (Phi) is 19.0. The first-order valence-corrected chi connectivity index (χ1v) is 10.2. The van der Waals surface area contributed by atoms with Gasteiger partial charge in [0.25, 0.3) is 0 Å². The molecule has 0 aromatic heterocycles. The van der Waals surface area contributed by atoms with Gasteiger partial charge in [0.15, 0.2) is 0 Å². The van der Waals surface area contributed by atoms with Crippen LogP contribution in [0.5, 0.6) is 0 Å². The lowest BCUT2D eigenvalue weighted by Gasteiger charge is -2.08. The fraction of sp³-hybridized carbons (Fsp3) is 0.952. The molecule has 0 saturated carbocycles. The summed E-state index contributed by atoms with van der Waals surface area (Å²) in [6.45, 7) is 5.16. The van der Waals surface area contributed by atoms with E-state index < -0.39 is 0 Å². The van der Waals surface area contributed by atoms with E-state index in [1.165, 1.54) is 109 Å². The highest BCUT2D eigenvalue weighted by Gasteiger charge is 1.95. The summed E-state index contributed by atoms with van der Waals surface area (Å²) in [5, 5.41) is 0. The molecule has 0 spiro atoms. The van der Waals surface area contributed by atoms with Gasteiger partial charge >= 0.3 is 0 Å². The van der Waals surface area contributed by atoms with Crippen LogP contribution >= 0.6 is 0 Å². The first-order chi connectivity index (χ1) is 10.8. The van der Waals surface area contributed by atoms with E-state index in [4.69, 9.17) is 0 Å². The van der Waals surface area contributed by atoms with Crippen LogP contribution in [-0.4, -0.2) is 25.5 Å². The van der Waals surface area contributed by atoms with Crippen LogP contribution in [0.2, 0.25) is 0 Å². The molecule has 133 valence electrons. The zero-order valence-corrected chi connectivity index (χ0v) is 15.9. The van der Waals surface area contributed by atoms with Gasteiger partial charge in [0.05, 0.1) is 0 Å². The Bertz CT molecular complexity index is 188. The van der Waals surface area contributed by atoms with Gasteiger partial charge in [0.2, 0.25) is 0 Å². The molecule has 0 amide bonds. The molecule has 22 heavy (non-hydrogen) atoms. The van der Waals surface area contributed by atoms with Crippen LogP contribution in [0.15, 0.2) is 0 Å². The summed E-state index contributed by atoms with van der Waals surface area (Å²) in [7, 11) is 4.34. The van der Waals surface area contributed by atoms with Crippen molar-refractivity contribution in [3.05, 3.63) is 6.92 Å². The fourth-order valence-electron chi connectivity index (χ4n) is 3.08. The Morgan fingerprint density at radius 2 is 0.727 bits per heavy atom. The largest absolute Gasteiger partial charge is 0.309 e. The normalized spacial score (nSPS) is 11.5. The molecule has 0 saturated heterocycles. The predicted molar refractivity (Wildman–Crippen MR) is 102 cm³/mol. The number of hydrogen-bond acceptors (Lipinski definition) is 1. The van der Waals surface area contributed by atoms with E-state index in [1.807, 2.05) is 0 Å². The Morgan fingerprint density at radius 3 is 1.00 bits per heavy atom. The van der Waals surface area contributed by atoms with Crippen molar-refractivity contribution in [1.82, 2.24) is 4.90 Å². The Morgan fingerprint density at radius 1 is 0.455 bits per heavy atom. The van der Waals surface area contributed by atoms with Gasteiger partial charge in [0, 0.05) is 0 Å². The Balaban J connectivity index is 2.94. The number of nitrogens with zero attached hydrogens (tertiary/aromatic N) is 1. The number of unbranched alkanes of at least 4 members (excludes halogenated alkanes) is 16. The van der Waals surface area contributed by atoms with Gasteiger partial charge in [0.1, 0.15) is 0 Å². The number of hydrogen-bond donors (Lipinski definition) is 0. The molecule has 0 bridgehead atoms. The average Bonchev–Trinajstić information content (AvgIpc) is 2.50. The molecule has 0 rings (SSSR count). The third-order valence-corrected chi connectivity index (χ3v) is 4.61. The lowest BCUT2D eigenvalue weighted by molar-refractivity contribution is 0.389. The monoisotopic (exact) mass is 310 g/mol. The molecule has 1 heteroatoms. The molecule has 0 fully saturated rings. The molecule has 0 aliphatic carbocycles. The van der Waals surface area contributed by atoms with E-state index in [0.29, 0.717) is 0 Å². The molecule has 0 aromatic rings. The van der Waals surface area contributed by atoms with Crippen LogP contribution in [0.4, 0.5) is 0 Å². The molecular formula is C21H44N. The van der Waals surface area contributed by atoms with Crippen molar-refractivity contribution >= 4 is 0 Å². The standard InChI is InChI=1S/C21H44N/c1-4-5-6-7-8-9-10-11-12-13-14-15-16-17-18-19-20-21-22(2)3/h1,4-21H2,2-3H3. The highest BCUT2D eigenvalue weighted by atomic mass is 15.0. The molecule has 0 heterocycles. The van der Waals surface area contributed by atoms with Gasteiger partial charge in [-0.3, -0.25) is 0 Å². The summed E-state index contributed by atoms with van der Waals surface area (Å²) in [4.78, 5) is 2.29. The van der Waals surface area contributed by atoms with Crippen molar-refractivity contribution in [2.45, 2.75) is 109 Å². The van der Waals surface area contributed by atoms with Crippen molar-refractivity contribution in [3.63, 3.8) is 0 Å². The van der Waals surface area contributed by atoms with Gasteiger partial charge < -0.3 is 4.90 Å². The van der Waals surface area contributed by atoms with Gasteiger partial charge in [-0.15, -0.1) is 0 Å². The Hall–Kier alpha value is -0.0400. The van der Waals surface area contributed by atoms with Gasteiger partial charge in [-0.2, -0.15) is 0 Å². The molecule has 0 aliphatic rings. The van der Waals surface area contributed by atoms with E-state index in [1.54, 1.807) is 0 Å². The maximum absolute atomic E-state index is 3.90.